The Bertz CT molecular complexity index is 571. The van der Waals surface area contributed by atoms with Crippen molar-refractivity contribution < 1.29 is 19.1 Å². The molecule has 1 saturated heterocycles. The predicted octanol–water partition coefficient (Wildman–Crippen LogP) is 1.40. The molecular formula is C16H22N2O4. The minimum absolute atomic E-state index is 0.0432. The molecule has 2 rings (SSSR count). The highest BCUT2D eigenvalue weighted by Gasteiger charge is 2.36. The quantitative estimate of drug-likeness (QED) is 0.843. The highest BCUT2D eigenvalue weighted by atomic mass is 16.5. The minimum atomic E-state index is -0.394. The van der Waals surface area contributed by atoms with Gasteiger partial charge >= 0.3 is 0 Å². The van der Waals surface area contributed by atoms with Crippen molar-refractivity contribution >= 4 is 11.8 Å². The van der Waals surface area contributed by atoms with Crippen LogP contribution in [0.4, 0.5) is 0 Å². The topological polar surface area (TPSA) is 59.1 Å². The Morgan fingerprint density at radius 3 is 2.55 bits per heavy atom. The minimum Gasteiger partial charge on any atom is -0.497 e. The number of carbonyl (C=O) groups is 2. The van der Waals surface area contributed by atoms with Gasteiger partial charge in [-0.15, -0.1) is 0 Å². The molecule has 1 aliphatic rings. The highest BCUT2D eigenvalue weighted by Crippen LogP contribution is 2.28. The molecule has 6 heteroatoms. The summed E-state index contributed by atoms with van der Waals surface area (Å²) in [4.78, 5) is 28.2. The maximum absolute atomic E-state index is 12.8. The zero-order valence-corrected chi connectivity index (χ0v) is 13.5. The summed E-state index contributed by atoms with van der Waals surface area (Å²) >= 11 is 0. The van der Waals surface area contributed by atoms with E-state index in [9.17, 15) is 9.59 Å². The Kier molecular flexibility index (Phi) is 4.90. The summed E-state index contributed by atoms with van der Waals surface area (Å²) in [6.07, 6.45) is 1.52. The lowest BCUT2D eigenvalue weighted by Crippen LogP contribution is -2.45. The van der Waals surface area contributed by atoms with Crippen LogP contribution in [-0.2, 0) is 4.79 Å². The molecule has 0 spiro atoms. The molecule has 0 aromatic heterocycles. The highest BCUT2D eigenvalue weighted by molar-refractivity contribution is 6.00. The maximum atomic E-state index is 12.8. The smallest absolute Gasteiger partial charge is 0.258 e. The number of benzene rings is 1. The third kappa shape index (κ3) is 3.00. The Morgan fingerprint density at radius 2 is 1.95 bits per heavy atom. The van der Waals surface area contributed by atoms with Gasteiger partial charge in [-0.3, -0.25) is 9.59 Å². The van der Waals surface area contributed by atoms with E-state index in [0.717, 1.165) is 6.42 Å². The van der Waals surface area contributed by atoms with Crippen LogP contribution in [-0.4, -0.2) is 62.5 Å². The number of carbonyl (C=O) groups excluding carboxylic acids is 2. The number of methoxy groups -OCH3 is 2. The number of likely N-dealkylation sites (tertiary alicyclic amines) is 1. The van der Waals surface area contributed by atoms with Crippen LogP contribution in [0.15, 0.2) is 18.2 Å². The summed E-state index contributed by atoms with van der Waals surface area (Å²) < 4.78 is 10.4. The van der Waals surface area contributed by atoms with Crippen LogP contribution >= 0.6 is 0 Å². The van der Waals surface area contributed by atoms with Gasteiger partial charge in [-0.25, -0.2) is 0 Å². The Labute approximate surface area is 130 Å². The standard InChI is InChI=1S/C16H22N2O4/c1-17(2)16(20)13-6-5-9-18(13)15(19)12-8-7-11(21-3)10-14(12)22-4/h7-8,10,13H,5-6,9H2,1-4H3/t13-/m1/s1. The first-order valence-corrected chi connectivity index (χ1v) is 7.23. The predicted molar refractivity (Wildman–Crippen MR) is 82.3 cm³/mol. The summed E-state index contributed by atoms with van der Waals surface area (Å²) in [6, 6.07) is 4.67. The van der Waals surface area contributed by atoms with Crippen molar-refractivity contribution in [1.29, 1.82) is 0 Å². The molecule has 1 aromatic carbocycles. The lowest BCUT2D eigenvalue weighted by atomic mass is 10.1. The molecule has 22 heavy (non-hydrogen) atoms. The molecule has 1 heterocycles. The zero-order chi connectivity index (χ0) is 16.3. The van der Waals surface area contributed by atoms with Crippen molar-refractivity contribution in [2.75, 3.05) is 34.9 Å². The molecule has 0 aliphatic carbocycles. The number of nitrogens with zero attached hydrogens (tertiary/aromatic N) is 2. The van der Waals surface area contributed by atoms with Crippen molar-refractivity contribution in [3.63, 3.8) is 0 Å². The third-order valence-electron chi connectivity index (χ3n) is 3.88. The molecule has 1 atom stereocenters. The fourth-order valence-corrected chi connectivity index (χ4v) is 2.69. The van der Waals surface area contributed by atoms with Crippen LogP contribution in [0.25, 0.3) is 0 Å². The average Bonchev–Trinajstić information content (AvgIpc) is 3.01. The second kappa shape index (κ2) is 6.68. The van der Waals surface area contributed by atoms with Crippen molar-refractivity contribution in [1.82, 2.24) is 9.80 Å². The average molecular weight is 306 g/mol. The van der Waals surface area contributed by atoms with Gasteiger partial charge in [-0.1, -0.05) is 0 Å². The van der Waals surface area contributed by atoms with Crippen LogP contribution in [0.2, 0.25) is 0 Å². The van der Waals surface area contributed by atoms with E-state index in [0.29, 0.717) is 30.0 Å². The molecule has 1 aliphatic heterocycles. The molecular weight excluding hydrogens is 284 g/mol. The summed E-state index contributed by atoms with van der Waals surface area (Å²) in [6.45, 7) is 0.582. The van der Waals surface area contributed by atoms with E-state index in [-0.39, 0.29) is 11.8 Å². The second-order valence-electron chi connectivity index (χ2n) is 5.46. The number of hydrogen-bond acceptors (Lipinski definition) is 4. The van der Waals surface area contributed by atoms with Gasteiger partial charge < -0.3 is 19.3 Å². The van der Waals surface area contributed by atoms with Gasteiger partial charge in [-0.05, 0) is 25.0 Å². The van der Waals surface area contributed by atoms with Crippen LogP contribution < -0.4 is 9.47 Å². The Hall–Kier alpha value is -2.24. The van der Waals surface area contributed by atoms with Gasteiger partial charge in [0.1, 0.15) is 17.5 Å². The van der Waals surface area contributed by atoms with Crippen molar-refractivity contribution in [3.05, 3.63) is 23.8 Å². The van der Waals surface area contributed by atoms with E-state index in [2.05, 4.69) is 0 Å². The maximum Gasteiger partial charge on any atom is 0.258 e. The first kappa shape index (κ1) is 16.1. The van der Waals surface area contributed by atoms with E-state index in [4.69, 9.17) is 9.47 Å². The van der Waals surface area contributed by atoms with E-state index in [1.54, 1.807) is 44.3 Å². The Morgan fingerprint density at radius 1 is 1.23 bits per heavy atom. The monoisotopic (exact) mass is 306 g/mol. The second-order valence-corrected chi connectivity index (χ2v) is 5.46. The van der Waals surface area contributed by atoms with Gasteiger partial charge in [-0.2, -0.15) is 0 Å². The molecule has 1 aromatic rings. The van der Waals surface area contributed by atoms with Gasteiger partial charge in [0.2, 0.25) is 5.91 Å². The number of hydrogen-bond donors (Lipinski definition) is 0. The first-order chi connectivity index (χ1) is 10.5. The number of amides is 2. The summed E-state index contributed by atoms with van der Waals surface area (Å²) in [5.41, 5.74) is 0.446. The van der Waals surface area contributed by atoms with Crippen molar-refractivity contribution in [2.45, 2.75) is 18.9 Å². The fourth-order valence-electron chi connectivity index (χ4n) is 2.69. The van der Waals surface area contributed by atoms with E-state index in [1.807, 2.05) is 0 Å². The first-order valence-electron chi connectivity index (χ1n) is 7.23. The zero-order valence-electron chi connectivity index (χ0n) is 13.5. The molecule has 0 saturated carbocycles. The van der Waals surface area contributed by atoms with Crippen molar-refractivity contribution in [2.24, 2.45) is 0 Å². The van der Waals surface area contributed by atoms with Gasteiger partial charge in [0.15, 0.2) is 0 Å². The SMILES string of the molecule is COc1ccc(C(=O)N2CCC[C@@H]2C(=O)N(C)C)c(OC)c1. The van der Waals surface area contributed by atoms with E-state index < -0.39 is 6.04 Å². The lowest BCUT2D eigenvalue weighted by Gasteiger charge is -2.26. The molecule has 0 bridgehead atoms. The molecule has 0 radical (unpaired) electrons. The molecule has 0 unspecified atom stereocenters. The fraction of sp³-hybridized carbons (Fsp3) is 0.500. The molecule has 0 N–H and O–H groups in total. The third-order valence-corrected chi connectivity index (χ3v) is 3.88. The number of likely N-dealkylation sites (N-methyl/N-ethyl adjacent to an activating group) is 1. The number of ether oxygens (including phenoxy) is 2. The molecule has 1 fully saturated rings. The summed E-state index contributed by atoms with van der Waals surface area (Å²) in [7, 11) is 6.48. The molecule has 6 nitrogen and oxygen atoms in total. The van der Waals surface area contributed by atoms with Crippen molar-refractivity contribution in [3.8, 4) is 11.5 Å². The van der Waals surface area contributed by atoms with Crippen LogP contribution in [0.1, 0.15) is 23.2 Å². The largest absolute Gasteiger partial charge is 0.497 e. The van der Waals surface area contributed by atoms with Gasteiger partial charge in [0.25, 0.3) is 5.91 Å². The number of rotatable bonds is 4. The van der Waals surface area contributed by atoms with Gasteiger partial charge in [0, 0.05) is 26.7 Å². The van der Waals surface area contributed by atoms with Crippen LogP contribution in [0.5, 0.6) is 11.5 Å². The lowest BCUT2D eigenvalue weighted by molar-refractivity contribution is -0.132. The Balaban J connectivity index is 2.29. The summed E-state index contributed by atoms with van der Waals surface area (Å²) in [5, 5.41) is 0. The summed E-state index contributed by atoms with van der Waals surface area (Å²) in [5.74, 6) is 0.846. The van der Waals surface area contributed by atoms with Gasteiger partial charge in [0.05, 0.1) is 19.8 Å². The molecule has 2 amide bonds. The van der Waals surface area contributed by atoms with Crippen LogP contribution in [0, 0.1) is 0 Å². The normalized spacial score (nSPS) is 17.3. The van der Waals surface area contributed by atoms with E-state index >= 15 is 0 Å². The van der Waals surface area contributed by atoms with Crippen LogP contribution in [0.3, 0.4) is 0 Å². The van der Waals surface area contributed by atoms with E-state index in [1.165, 1.54) is 12.0 Å². The molecule has 120 valence electrons.